The molecule has 2 aromatic heterocycles. The molecule has 2 heterocycles. The topological polar surface area (TPSA) is 157 Å². The molecular formula is C32H28F4I2N6O5S2. The maximum atomic E-state index is 11.9. The van der Waals surface area contributed by atoms with Crippen molar-refractivity contribution in [2.45, 2.75) is 30.3 Å². The normalized spacial score (nSPS) is 11.2. The molecule has 0 fully saturated rings. The van der Waals surface area contributed by atoms with Gasteiger partial charge in [0, 0.05) is 0 Å². The van der Waals surface area contributed by atoms with Crippen LogP contribution in [0, 0.1) is 28.1 Å². The van der Waals surface area contributed by atoms with Gasteiger partial charge in [0.15, 0.2) is 20.9 Å². The maximum Gasteiger partial charge on any atom is 0.413 e. The van der Waals surface area contributed by atoms with Crippen LogP contribution in [0.4, 0.5) is 17.1 Å². The largest absolute Gasteiger partial charge is 0.413 e. The van der Waals surface area contributed by atoms with E-state index in [2.05, 4.69) is 156 Å². The molecule has 6 rings (SSSR count). The summed E-state index contributed by atoms with van der Waals surface area (Å²) in [5.74, 6) is 0.167. The Morgan fingerprint density at radius 2 is 0.882 bits per heavy atom. The average molecular weight is 971 g/mol. The molecule has 19 heteroatoms. The van der Waals surface area contributed by atoms with Crippen LogP contribution in [0.25, 0.3) is 0 Å². The number of aromatic nitrogens is 6. The standard InChI is InChI=1S/2C12H10I.C5H5F3N3O3S.C3H3FN3O2S/c2*1-3-7-11(8-4-1)13-12-9-5-2-6-10-12;1-3-9-4(11-10-3)15(12,13)14-2-5(6,7)8;1-2-5-3(7-6-2)10(4,8)9/h2*1-10H;2H2,1H3;1H3/q2*+1;2*-1. The van der Waals surface area contributed by atoms with Gasteiger partial charge in [-0.25, -0.2) is 0 Å². The van der Waals surface area contributed by atoms with Crippen molar-refractivity contribution in [2.75, 3.05) is 6.61 Å². The van der Waals surface area contributed by atoms with Crippen LogP contribution in [0.2, 0.25) is 0 Å². The third kappa shape index (κ3) is 16.8. The molecule has 51 heavy (non-hydrogen) atoms. The minimum Gasteiger partial charge on any atom is -0.353 e. The SMILES string of the molecule is Cc1nnc(S(=O)(=O)F)[n-]1.Cc1nnc(S(=O)(=O)OCC(F)(F)F)[n-]1.c1ccc([I+]c2ccccc2)cc1.c1ccc([I+]c2ccccc2)cc1. The molecule has 0 atom stereocenters. The summed E-state index contributed by atoms with van der Waals surface area (Å²) in [6.07, 6.45) is -4.73. The lowest BCUT2D eigenvalue weighted by Crippen LogP contribution is -3.61. The Hall–Kier alpha value is -3.80. The van der Waals surface area contributed by atoms with Gasteiger partial charge >= 0.3 is 68.9 Å². The van der Waals surface area contributed by atoms with Gasteiger partial charge in [-0.3, -0.25) is 4.18 Å². The lowest BCUT2D eigenvalue weighted by molar-refractivity contribution is -0.597. The minimum atomic E-state index is -4.77. The van der Waals surface area contributed by atoms with Gasteiger partial charge < -0.3 is 30.4 Å². The molecule has 270 valence electrons. The Balaban J connectivity index is 0.000000185. The van der Waals surface area contributed by atoms with E-state index in [1.807, 2.05) is 0 Å². The lowest BCUT2D eigenvalue weighted by atomic mass is 10.4. The summed E-state index contributed by atoms with van der Waals surface area (Å²) in [7, 11) is -9.34. The molecule has 0 aliphatic heterocycles. The molecular weight excluding hydrogens is 942 g/mol. The molecule has 0 spiro atoms. The minimum absolute atomic E-state index is 0.0287. The van der Waals surface area contributed by atoms with Gasteiger partial charge in [-0.1, -0.05) is 76.7 Å². The molecule has 0 saturated heterocycles. The van der Waals surface area contributed by atoms with Gasteiger partial charge in [0.1, 0.15) is 10.3 Å². The highest BCUT2D eigenvalue weighted by molar-refractivity contribution is 7.86. The number of alkyl halides is 3. The highest BCUT2D eigenvalue weighted by atomic mass is 127. The van der Waals surface area contributed by atoms with Crippen molar-refractivity contribution >= 4 is 20.3 Å². The fourth-order valence-corrected chi connectivity index (χ4v) is 8.86. The maximum absolute atomic E-state index is 11.9. The van der Waals surface area contributed by atoms with Gasteiger partial charge in [0.25, 0.3) is 0 Å². The number of benzene rings is 4. The van der Waals surface area contributed by atoms with Crippen LogP contribution in [0.15, 0.2) is 132 Å². The van der Waals surface area contributed by atoms with Crippen molar-refractivity contribution in [1.29, 1.82) is 0 Å². The first-order valence-electron chi connectivity index (χ1n) is 14.2. The Bertz CT molecular complexity index is 1960. The van der Waals surface area contributed by atoms with E-state index >= 15 is 0 Å². The Kier molecular flexibility index (Phi) is 16.6. The third-order valence-electron chi connectivity index (χ3n) is 5.26. The van der Waals surface area contributed by atoms with Crippen molar-refractivity contribution in [3.05, 3.63) is 147 Å². The van der Waals surface area contributed by atoms with E-state index in [1.165, 1.54) is 28.1 Å². The summed E-state index contributed by atoms with van der Waals surface area (Å²) in [6, 6.07) is 42.8. The van der Waals surface area contributed by atoms with Crippen LogP contribution in [-0.2, 0) is 24.5 Å². The number of rotatable bonds is 8. The predicted molar refractivity (Wildman–Crippen MR) is 168 cm³/mol. The van der Waals surface area contributed by atoms with Gasteiger partial charge in [-0.15, -0.1) is 0 Å². The second-order valence-electron chi connectivity index (χ2n) is 9.42. The van der Waals surface area contributed by atoms with E-state index in [1.54, 1.807) is 0 Å². The lowest BCUT2D eigenvalue weighted by Gasteiger charge is -2.07. The molecule has 0 N–H and O–H groups in total. The van der Waals surface area contributed by atoms with Crippen LogP contribution < -0.4 is 52.4 Å². The van der Waals surface area contributed by atoms with E-state index in [9.17, 15) is 33.9 Å². The molecule has 0 unspecified atom stereocenters. The van der Waals surface area contributed by atoms with Crippen molar-refractivity contribution in [3.63, 3.8) is 0 Å². The fourth-order valence-electron chi connectivity index (χ4n) is 3.17. The van der Waals surface area contributed by atoms with Crippen LogP contribution in [0.1, 0.15) is 11.6 Å². The number of hydrogen-bond acceptors (Lipinski definition) is 9. The summed E-state index contributed by atoms with van der Waals surface area (Å²) >= 11 is 0.0574. The van der Waals surface area contributed by atoms with E-state index in [0.717, 1.165) is 0 Å². The van der Waals surface area contributed by atoms with E-state index < -0.39 is 43.4 Å². The quantitative estimate of drug-likeness (QED) is 0.0802. The van der Waals surface area contributed by atoms with Crippen LogP contribution in [0.5, 0.6) is 0 Å². The van der Waals surface area contributed by atoms with Crippen LogP contribution in [0.3, 0.4) is 0 Å². The molecule has 0 bridgehead atoms. The Labute approximate surface area is 313 Å². The number of nitrogens with zero attached hydrogens (tertiary/aromatic N) is 6. The summed E-state index contributed by atoms with van der Waals surface area (Å²) in [4.78, 5) is 6.48. The molecule has 0 amide bonds. The van der Waals surface area contributed by atoms with Crippen molar-refractivity contribution < 1.29 is 80.5 Å². The average Bonchev–Trinajstić information content (AvgIpc) is 3.75. The van der Waals surface area contributed by atoms with E-state index in [0.29, 0.717) is 0 Å². The van der Waals surface area contributed by atoms with Crippen molar-refractivity contribution in [2.24, 2.45) is 0 Å². The van der Waals surface area contributed by atoms with E-state index in [-0.39, 0.29) is 54.1 Å². The fraction of sp³-hybridized carbons (Fsp3) is 0.125. The first kappa shape index (κ1) is 41.6. The van der Waals surface area contributed by atoms with Gasteiger partial charge in [-0.05, 0) is 74.0 Å². The second kappa shape index (κ2) is 20.3. The zero-order valence-corrected chi connectivity index (χ0v) is 32.5. The molecule has 6 aromatic rings. The van der Waals surface area contributed by atoms with Crippen LogP contribution >= 0.6 is 0 Å². The highest BCUT2D eigenvalue weighted by Gasteiger charge is 2.31. The summed E-state index contributed by atoms with van der Waals surface area (Å²) in [5, 5.41) is 10.7. The van der Waals surface area contributed by atoms with E-state index in [4.69, 9.17) is 0 Å². The summed E-state index contributed by atoms with van der Waals surface area (Å²) < 4.78 is 98.6. The van der Waals surface area contributed by atoms with Gasteiger partial charge in [0.05, 0.1) is 0 Å². The second-order valence-corrected chi connectivity index (χ2v) is 18.2. The zero-order valence-electron chi connectivity index (χ0n) is 26.6. The Morgan fingerprint density at radius 3 is 1.12 bits per heavy atom. The smallest absolute Gasteiger partial charge is 0.353 e. The molecule has 0 radical (unpaired) electrons. The predicted octanol–water partition coefficient (Wildman–Crippen LogP) is -0.960. The number of halogens is 6. The molecule has 0 saturated carbocycles. The Morgan fingerprint density at radius 1 is 0.569 bits per heavy atom. The molecule has 0 aliphatic rings. The summed E-state index contributed by atoms with van der Waals surface area (Å²) in [5.41, 5.74) is 0. The monoisotopic (exact) mass is 970 g/mol. The first-order valence-corrected chi connectivity index (χ1v) is 21.3. The number of hydrogen-bond donors (Lipinski definition) is 0. The van der Waals surface area contributed by atoms with Crippen molar-refractivity contribution in [3.8, 4) is 0 Å². The third-order valence-corrected chi connectivity index (χ3v) is 12.3. The van der Waals surface area contributed by atoms with Crippen molar-refractivity contribution in [1.82, 2.24) is 30.4 Å². The van der Waals surface area contributed by atoms with Crippen LogP contribution in [-0.4, -0.2) is 50.0 Å². The summed E-state index contributed by atoms with van der Waals surface area (Å²) in [6.45, 7) is 0.848. The van der Waals surface area contributed by atoms with Gasteiger partial charge in [0.2, 0.25) is 0 Å². The highest BCUT2D eigenvalue weighted by Crippen LogP contribution is 2.17. The number of aryl methyl sites for hydroxylation is 2. The molecule has 0 aliphatic carbocycles. The zero-order chi connectivity index (χ0) is 37.3. The first-order chi connectivity index (χ1) is 24.1. The molecule has 11 nitrogen and oxygen atoms in total. The molecule has 4 aromatic carbocycles. The van der Waals surface area contributed by atoms with Gasteiger partial charge in [-0.2, -0.15) is 30.0 Å².